The molecule has 0 amide bonds. The minimum absolute atomic E-state index is 0.827. The highest BCUT2D eigenvalue weighted by atomic mass is 14.6. The van der Waals surface area contributed by atoms with Gasteiger partial charge in [-0.05, 0) is 28.7 Å². The van der Waals surface area contributed by atoms with Crippen LogP contribution in [0, 0.1) is 0 Å². The lowest BCUT2D eigenvalue weighted by Crippen LogP contribution is -1.96. The molecule has 1 nitrogen and oxygen atoms in total. The van der Waals surface area contributed by atoms with Crippen molar-refractivity contribution in [3.63, 3.8) is 0 Å². The van der Waals surface area contributed by atoms with Crippen molar-refractivity contribution in [3.8, 4) is 11.1 Å². The lowest BCUT2D eigenvalue weighted by molar-refractivity contribution is 1.26. The fraction of sp³-hybridized carbons (Fsp3) is 0.0476. The molecule has 0 spiro atoms. The lowest BCUT2D eigenvalue weighted by atomic mass is 10.0. The Morgan fingerprint density at radius 1 is 0.682 bits per heavy atom. The van der Waals surface area contributed by atoms with Crippen molar-refractivity contribution in [2.75, 3.05) is 0 Å². The normalized spacial score (nSPS) is 11.4. The first-order valence-electron chi connectivity index (χ1n) is 7.48. The largest absolute Gasteiger partial charge is 0.398 e. The summed E-state index contributed by atoms with van der Waals surface area (Å²) < 4.78 is 0. The molecule has 0 unspecified atom stereocenters. The summed E-state index contributed by atoms with van der Waals surface area (Å²) in [5, 5.41) is 0. The van der Waals surface area contributed by atoms with Crippen molar-refractivity contribution in [1.29, 1.82) is 0 Å². The average molecular weight is 285 g/mol. The zero-order valence-electron chi connectivity index (χ0n) is 12.4. The SMILES string of the molecule is N/C(=C\Cc1ccc(-c2ccccc2)cc1)c1ccccc1. The first-order chi connectivity index (χ1) is 10.8. The molecule has 3 aromatic carbocycles. The number of allylic oxidation sites excluding steroid dienone is 1. The summed E-state index contributed by atoms with van der Waals surface area (Å²) in [6.45, 7) is 0. The second-order valence-electron chi connectivity index (χ2n) is 5.29. The van der Waals surface area contributed by atoms with E-state index in [1.807, 2.05) is 36.4 Å². The van der Waals surface area contributed by atoms with Gasteiger partial charge in [-0.2, -0.15) is 0 Å². The third-order valence-electron chi connectivity index (χ3n) is 3.73. The van der Waals surface area contributed by atoms with Gasteiger partial charge in [0.05, 0.1) is 0 Å². The molecule has 3 aromatic rings. The average Bonchev–Trinajstić information content (AvgIpc) is 2.61. The maximum Gasteiger partial charge on any atom is 0.0350 e. The third kappa shape index (κ3) is 3.44. The van der Waals surface area contributed by atoms with E-state index >= 15 is 0 Å². The number of hydrogen-bond donors (Lipinski definition) is 1. The number of nitrogens with two attached hydrogens (primary N) is 1. The Kier molecular flexibility index (Phi) is 4.35. The predicted molar refractivity (Wildman–Crippen MR) is 94.2 cm³/mol. The molecule has 0 atom stereocenters. The Morgan fingerprint density at radius 3 is 1.86 bits per heavy atom. The fourth-order valence-electron chi connectivity index (χ4n) is 2.44. The van der Waals surface area contributed by atoms with Gasteiger partial charge in [0.2, 0.25) is 0 Å². The lowest BCUT2D eigenvalue weighted by Gasteiger charge is -2.04. The number of rotatable bonds is 4. The number of benzene rings is 3. The minimum Gasteiger partial charge on any atom is -0.398 e. The highest BCUT2D eigenvalue weighted by Crippen LogP contribution is 2.19. The Morgan fingerprint density at radius 2 is 1.23 bits per heavy atom. The van der Waals surface area contributed by atoms with Crippen molar-refractivity contribution >= 4 is 5.70 Å². The molecule has 0 aliphatic rings. The standard InChI is InChI=1S/C21H19N/c22-21(20-9-5-2-6-10-20)16-13-17-11-14-19(15-12-17)18-7-3-1-4-8-18/h1-12,14-16H,13,22H2/b21-16-. The molecule has 0 fully saturated rings. The van der Waals surface area contributed by atoms with Gasteiger partial charge in [-0.1, -0.05) is 91.0 Å². The molecule has 0 saturated carbocycles. The van der Waals surface area contributed by atoms with Crippen LogP contribution >= 0.6 is 0 Å². The molecule has 22 heavy (non-hydrogen) atoms. The molecule has 0 radical (unpaired) electrons. The monoisotopic (exact) mass is 285 g/mol. The van der Waals surface area contributed by atoms with Gasteiger partial charge in [0.15, 0.2) is 0 Å². The summed E-state index contributed by atoms with van der Waals surface area (Å²) in [7, 11) is 0. The molecule has 0 aliphatic heterocycles. The van der Waals surface area contributed by atoms with E-state index in [2.05, 4.69) is 54.6 Å². The summed E-state index contributed by atoms with van der Waals surface area (Å²) in [4.78, 5) is 0. The third-order valence-corrected chi connectivity index (χ3v) is 3.73. The van der Waals surface area contributed by atoms with Crippen LogP contribution in [0.5, 0.6) is 0 Å². The first-order valence-corrected chi connectivity index (χ1v) is 7.48. The van der Waals surface area contributed by atoms with Crippen molar-refractivity contribution in [2.24, 2.45) is 5.73 Å². The Bertz CT molecular complexity index is 741. The molecule has 0 bridgehead atoms. The maximum atomic E-state index is 6.12. The van der Waals surface area contributed by atoms with Crippen LogP contribution in [0.3, 0.4) is 0 Å². The summed E-state index contributed by atoms with van der Waals surface area (Å²) in [5.74, 6) is 0. The van der Waals surface area contributed by atoms with Gasteiger partial charge in [0.1, 0.15) is 0 Å². The van der Waals surface area contributed by atoms with Crippen LogP contribution in [0.4, 0.5) is 0 Å². The van der Waals surface area contributed by atoms with Crippen molar-refractivity contribution in [1.82, 2.24) is 0 Å². The number of hydrogen-bond acceptors (Lipinski definition) is 1. The van der Waals surface area contributed by atoms with Crippen LogP contribution in [0.2, 0.25) is 0 Å². The smallest absolute Gasteiger partial charge is 0.0350 e. The topological polar surface area (TPSA) is 26.0 Å². The second kappa shape index (κ2) is 6.77. The fourth-order valence-corrected chi connectivity index (χ4v) is 2.44. The molecule has 2 N–H and O–H groups in total. The van der Waals surface area contributed by atoms with Crippen LogP contribution < -0.4 is 5.73 Å². The van der Waals surface area contributed by atoms with E-state index in [9.17, 15) is 0 Å². The van der Waals surface area contributed by atoms with Gasteiger partial charge in [0, 0.05) is 5.70 Å². The van der Waals surface area contributed by atoms with Crippen molar-refractivity contribution < 1.29 is 0 Å². The van der Waals surface area contributed by atoms with Crippen molar-refractivity contribution in [2.45, 2.75) is 6.42 Å². The molecular formula is C21H19N. The predicted octanol–water partition coefficient (Wildman–Crippen LogP) is 4.90. The van der Waals surface area contributed by atoms with E-state index in [1.54, 1.807) is 0 Å². The highest BCUT2D eigenvalue weighted by Gasteiger charge is 1.98. The Labute approximate surface area is 131 Å². The zero-order valence-corrected chi connectivity index (χ0v) is 12.4. The van der Waals surface area contributed by atoms with E-state index < -0.39 is 0 Å². The molecule has 0 aromatic heterocycles. The molecule has 0 heterocycles. The zero-order chi connectivity index (χ0) is 15.2. The van der Waals surface area contributed by atoms with E-state index in [-0.39, 0.29) is 0 Å². The molecule has 108 valence electrons. The van der Waals surface area contributed by atoms with Crippen LogP contribution in [0.15, 0.2) is 91.0 Å². The van der Waals surface area contributed by atoms with Crippen LogP contribution in [0.1, 0.15) is 11.1 Å². The van der Waals surface area contributed by atoms with E-state index in [0.29, 0.717) is 0 Å². The molecule has 0 aliphatic carbocycles. The first kappa shape index (κ1) is 14.2. The van der Waals surface area contributed by atoms with Gasteiger partial charge < -0.3 is 5.73 Å². The summed E-state index contributed by atoms with van der Waals surface area (Å²) in [6, 6.07) is 29.1. The second-order valence-corrected chi connectivity index (χ2v) is 5.29. The molecule has 1 heteroatoms. The van der Waals surface area contributed by atoms with Gasteiger partial charge in [-0.25, -0.2) is 0 Å². The quantitative estimate of drug-likeness (QED) is 0.725. The highest BCUT2D eigenvalue weighted by molar-refractivity contribution is 5.64. The van der Waals surface area contributed by atoms with E-state index in [1.165, 1.54) is 16.7 Å². The summed E-state index contributed by atoms with van der Waals surface area (Å²) in [5.41, 5.74) is 11.8. The van der Waals surface area contributed by atoms with Gasteiger partial charge in [-0.3, -0.25) is 0 Å². The maximum absolute atomic E-state index is 6.12. The van der Waals surface area contributed by atoms with E-state index in [0.717, 1.165) is 17.7 Å². The van der Waals surface area contributed by atoms with E-state index in [4.69, 9.17) is 5.73 Å². The van der Waals surface area contributed by atoms with Gasteiger partial charge in [0.25, 0.3) is 0 Å². The van der Waals surface area contributed by atoms with Gasteiger partial charge >= 0.3 is 0 Å². The molecular weight excluding hydrogens is 266 g/mol. The van der Waals surface area contributed by atoms with Gasteiger partial charge in [-0.15, -0.1) is 0 Å². The summed E-state index contributed by atoms with van der Waals surface area (Å²) in [6.07, 6.45) is 2.92. The van der Waals surface area contributed by atoms with Crippen LogP contribution in [-0.2, 0) is 6.42 Å². The molecule has 0 saturated heterocycles. The van der Waals surface area contributed by atoms with Crippen LogP contribution in [0.25, 0.3) is 16.8 Å². The Balaban J connectivity index is 1.72. The van der Waals surface area contributed by atoms with Crippen molar-refractivity contribution in [3.05, 3.63) is 102 Å². The Hall–Kier alpha value is -2.80. The molecule has 3 rings (SSSR count). The van der Waals surface area contributed by atoms with Crippen LogP contribution in [-0.4, -0.2) is 0 Å². The summed E-state index contributed by atoms with van der Waals surface area (Å²) >= 11 is 0. The minimum atomic E-state index is 0.827.